The van der Waals surface area contributed by atoms with E-state index >= 15 is 0 Å². The highest BCUT2D eigenvalue weighted by Crippen LogP contribution is 2.28. The molecule has 2 aliphatic heterocycles. The third-order valence-electron chi connectivity index (χ3n) is 3.10. The molecule has 0 aromatic rings. The first-order valence-corrected chi connectivity index (χ1v) is 7.17. The Morgan fingerprint density at radius 1 is 1.45 bits per heavy atom. The zero-order valence-electron chi connectivity index (χ0n) is 10.4. The van der Waals surface area contributed by atoms with Crippen LogP contribution >= 0.6 is 8.53 Å². The second-order valence-corrected chi connectivity index (χ2v) is 5.30. The van der Waals surface area contributed by atoms with Crippen LogP contribution in [0.3, 0.4) is 0 Å². The molecule has 5 atom stereocenters. The maximum Gasteiger partial charge on any atom is 0.326 e. The number of hydrogen-bond acceptors (Lipinski definition) is 8. The molecule has 0 radical (unpaired) electrons. The van der Waals surface area contributed by atoms with Crippen LogP contribution in [0.4, 0.5) is 4.79 Å². The van der Waals surface area contributed by atoms with Crippen LogP contribution < -0.4 is 10.8 Å². The van der Waals surface area contributed by atoms with Crippen molar-refractivity contribution in [2.75, 3.05) is 13.2 Å². The van der Waals surface area contributed by atoms with Gasteiger partial charge in [0.05, 0.1) is 6.61 Å². The quantitative estimate of drug-likeness (QED) is 0.359. The van der Waals surface area contributed by atoms with Gasteiger partial charge in [-0.2, -0.15) is 0 Å². The first-order chi connectivity index (χ1) is 9.40. The molecule has 2 aliphatic rings. The molecule has 0 aromatic heterocycles. The number of carbonyl (C=O) groups excluding carboxylic acids is 2. The zero-order valence-corrected chi connectivity index (χ0v) is 11.3. The lowest BCUT2D eigenvalue weighted by atomic mass is 10.1. The number of aliphatic hydroxyl groups is 2. The molecule has 0 aromatic carbocycles. The number of carbonyl (C=O) groups is 2. The van der Waals surface area contributed by atoms with Crippen LogP contribution in [-0.4, -0.2) is 69.6 Å². The summed E-state index contributed by atoms with van der Waals surface area (Å²) in [6.45, 7) is -0.141. The summed E-state index contributed by atoms with van der Waals surface area (Å²) in [5.74, 6) is -0.409. The summed E-state index contributed by atoms with van der Waals surface area (Å²) in [5.41, 5.74) is 5.05. The second-order valence-electron chi connectivity index (χ2n) is 4.44. The van der Waals surface area contributed by atoms with Gasteiger partial charge >= 0.3 is 6.03 Å². The van der Waals surface area contributed by atoms with E-state index in [9.17, 15) is 19.8 Å². The number of ether oxygens (including phenoxy) is 1. The van der Waals surface area contributed by atoms with Crippen molar-refractivity contribution in [3.63, 3.8) is 0 Å². The van der Waals surface area contributed by atoms with Crippen LogP contribution in [0.1, 0.15) is 6.42 Å². The lowest BCUT2D eigenvalue weighted by Gasteiger charge is -2.32. The van der Waals surface area contributed by atoms with Gasteiger partial charge in [-0.1, -0.05) is 0 Å². The number of rotatable bonds is 4. The van der Waals surface area contributed by atoms with Crippen molar-refractivity contribution in [1.29, 1.82) is 0 Å². The van der Waals surface area contributed by atoms with Crippen molar-refractivity contribution >= 4 is 20.5 Å². The van der Waals surface area contributed by atoms with Gasteiger partial charge < -0.3 is 24.4 Å². The molecule has 3 amide bonds. The molecule has 2 fully saturated rings. The zero-order chi connectivity index (χ0) is 14.9. The summed E-state index contributed by atoms with van der Waals surface area (Å²) in [6, 6.07) is -0.692. The largest absolute Gasteiger partial charge is 0.387 e. The number of aliphatic hydroxyl groups excluding tert-OH is 2. The minimum atomic E-state index is -2.10. The molecule has 20 heavy (non-hydrogen) atoms. The topological polar surface area (TPSA) is 155 Å². The number of imide groups is 1. The third kappa shape index (κ3) is 3.23. The fraction of sp³-hybridized carbons (Fsp3) is 0.778. The lowest BCUT2D eigenvalue weighted by molar-refractivity contribution is -0.125. The van der Waals surface area contributed by atoms with Gasteiger partial charge in [0.2, 0.25) is 14.4 Å². The van der Waals surface area contributed by atoms with Crippen molar-refractivity contribution in [2.45, 2.75) is 31.0 Å². The highest BCUT2D eigenvalue weighted by Gasteiger charge is 2.48. The molecular formula is C9H16N3O7P. The van der Waals surface area contributed by atoms with Crippen molar-refractivity contribution < 1.29 is 34.0 Å². The fourth-order valence-electron chi connectivity index (χ4n) is 2.09. The molecule has 10 nitrogen and oxygen atoms in total. The van der Waals surface area contributed by atoms with Gasteiger partial charge in [-0.15, -0.1) is 0 Å². The van der Waals surface area contributed by atoms with Crippen molar-refractivity contribution in [3.05, 3.63) is 0 Å². The van der Waals surface area contributed by atoms with Crippen LogP contribution in [0.25, 0.3) is 0 Å². The molecule has 0 aliphatic carbocycles. The molecular weight excluding hydrogens is 293 g/mol. The second kappa shape index (κ2) is 6.27. The monoisotopic (exact) mass is 309 g/mol. The average Bonchev–Trinajstić information content (AvgIpc) is 2.64. The van der Waals surface area contributed by atoms with Gasteiger partial charge in [0.25, 0.3) is 0 Å². The molecule has 2 saturated heterocycles. The van der Waals surface area contributed by atoms with E-state index < -0.39 is 45.0 Å². The maximum absolute atomic E-state index is 11.6. The Morgan fingerprint density at radius 3 is 2.75 bits per heavy atom. The number of hydrogen-bond donors (Lipinski definition) is 5. The van der Waals surface area contributed by atoms with Crippen molar-refractivity contribution in [3.8, 4) is 0 Å². The van der Waals surface area contributed by atoms with E-state index in [0.717, 1.165) is 4.90 Å². The third-order valence-corrected chi connectivity index (χ3v) is 3.52. The van der Waals surface area contributed by atoms with Crippen LogP contribution in [0.5, 0.6) is 0 Å². The Balaban J connectivity index is 1.99. The summed E-state index contributed by atoms with van der Waals surface area (Å²) in [5, 5.41) is 21.8. The number of urea groups is 1. The normalized spacial score (nSPS) is 36.1. The highest BCUT2D eigenvalue weighted by molar-refractivity contribution is 7.43. The van der Waals surface area contributed by atoms with Gasteiger partial charge in [0, 0.05) is 13.0 Å². The van der Waals surface area contributed by atoms with Crippen molar-refractivity contribution in [2.24, 2.45) is 5.50 Å². The van der Waals surface area contributed by atoms with Crippen LogP contribution in [-0.2, 0) is 14.1 Å². The molecule has 11 heteroatoms. The van der Waals surface area contributed by atoms with Gasteiger partial charge in [0.15, 0.2) is 6.23 Å². The van der Waals surface area contributed by atoms with Crippen LogP contribution in [0.15, 0.2) is 0 Å². The minimum Gasteiger partial charge on any atom is -0.387 e. The molecule has 6 N–H and O–H groups in total. The van der Waals surface area contributed by atoms with Crippen LogP contribution in [0, 0.1) is 0 Å². The molecule has 0 saturated carbocycles. The van der Waals surface area contributed by atoms with E-state index in [0.29, 0.717) is 0 Å². The summed E-state index contributed by atoms with van der Waals surface area (Å²) in [6.07, 6.45) is -4.57. The lowest BCUT2D eigenvalue weighted by Crippen LogP contribution is -2.56. The summed E-state index contributed by atoms with van der Waals surface area (Å²) >= 11 is 0. The number of nitrogens with one attached hydrogen (secondary N) is 1. The van der Waals surface area contributed by atoms with Gasteiger partial charge in [-0.05, 0) is 0 Å². The summed E-state index contributed by atoms with van der Waals surface area (Å²) < 4.78 is 10.1. The average molecular weight is 309 g/mol. The van der Waals surface area contributed by atoms with E-state index in [2.05, 4.69) is 5.32 Å². The molecule has 114 valence electrons. The molecule has 0 bridgehead atoms. The number of nitrogens with zero attached hydrogens (tertiary/aromatic N) is 1. The van der Waals surface area contributed by atoms with E-state index in [-0.39, 0.29) is 19.6 Å². The predicted molar refractivity (Wildman–Crippen MR) is 64.8 cm³/mol. The van der Waals surface area contributed by atoms with Gasteiger partial charge in [-0.25, -0.2) is 4.79 Å². The number of nitrogens with two attached hydrogens (primary N) is 1. The van der Waals surface area contributed by atoms with E-state index in [1.807, 2.05) is 0 Å². The van der Waals surface area contributed by atoms with E-state index in [1.54, 1.807) is 0 Å². The maximum atomic E-state index is 11.6. The first-order valence-electron chi connectivity index (χ1n) is 5.89. The molecule has 0 spiro atoms. The van der Waals surface area contributed by atoms with E-state index in [4.69, 9.17) is 19.7 Å². The van der Waals surface area contributed by atoms with Gasteiger partial charge in [-0.3, -0.25) is 20.5 Å². The standard InChI is InChI=1S/C9H16N3O7P/c10-20(17)18-3-4-6(14)7(15)8(19-4)12-2-1-5(13)11-9(12)16/h4,6-8,14-15,17H,1-3,10H2,(H,11,13,16)/t4-,6-,7-,8-,20?/m1/s1. The highest BCUT2D eigenvalue weighted by atomic mass is 31.2. The smallest absolute Gasteiger partial charge is 0.326 e. The summed E-state index contributed by atoms with van der Waals surface area (Å²) in [7, 11) is -2.10. The predicted octanol–water partition coefficient (Wildman–Crippen LogP) is -2.43. The SMILES string of the molecule is NP(O)OC[C@H]1O[C@@H](N2CCC(=O)NC2=O)[C@H](O)[C@@H]1O. The molecule has 1 unspecified atom stereocenters. The Labute approximate surface area is 115 Å². The van der Waals surface area contributed by atoms with Crippen LogP contribution in [0.2, 0.25) is 0 Å². The fourth-order valence-corrected chi connectivity index (χ4v) is 2.39. The first kappa shape index (κ1) is 15.5. The Bertz CT molecular complexity index is 396. The Kier molecular flexibility index (Phi) is 4.86. The van der Waals surface area contributed by atoms with Crippen molar-refractivity contribution in [1.82, 2.24) is 10.2 Å². The van der Waals surface area contributed by atoms with E-state index in [1.165, 1.54) is 0 Å². The minimum absolute atomic E-state index is 0.0797. The summed E-state index contributed by atoms with van der Waals surface area (Å²) in [4.78, 5) is 32.7. The number of amides is 3. The molecule has 2 rings (SSSR count). The molecule has 2 heterocycles. The van der Waals surface area contributed by atoms with Gasteiger partial charge in [0.1, 0.15) is 18.3 Å². The Hall–Kier alpha value is -0.870. The Morgan fingerprint density at radius 2 is 2.15 bits per heavy atom.